The quantitative estimate of drug-likeness (QED) is 0.101. The van der Waals surface area contributed by atoms with E-state index in [1.807, 2.05) is 50.6 Å². The third kappa shape index (κ3) is 8.03. The average Bonchev–Trinajstić information content (AvgIpc) is 4.18. The van der Waals surface area contributed by atoms with Gasteiger partial charge in [0.25, 0.3) is 0 Å². The Hall–Kier alpha value is -6.18. The molecule has 0 radical (unpaired) electrons. The Labute approximate surface area is 380 Å². The van der Waals surface area contributed by atoms with Crippen molar-refractivity contribution in [2.75, 3.05) is 14.2 Å². The predicted molar refractivity (Wildman–Crippen MR) is 249 cm³/mol. The molecule has 4 N–H and O–H groups in total. The number of hydrogen-bond acceptors (Lipinski definition) is 8. The molecule has 14 heteroatoms. The highest BCUT2D eigenvalue weighted by Gasteiger charge is 2.44. The molecule has 4 amide bonds. The molecule has 2 saturated heterocycles. The van der Waals surface area contributed by atoms with Gasteiger partial charge in [-0.25, -0.2) is 19.6 Å². The zero-order chi connectivity index (χ0) is 45.8. The molecular formula is C51H62N8O6. The van der Waals surface area contributed by atoms with Crippen LogP contribution in [0.15, 0.2) is 60.8 Å². The monoisotopic (exact) mass is 882 g/mol. The number of hydrogen-bond donors (Lipinski definition) is 4. The fraction of sp³-hybridized carbons (Fsp3) is 0.490. The second-order valence-corrected chi connectivity index (χ2v) is 19.4. The average molecular weight is 883 g/mol. The molecule has 7 unspecified atom stereocenters. The van der Waals surface area contributed by atoms with Gasteiger partial charge in [-0.2, -0.15) is 0 Å². The maximum atomic E-state index is 14.0. The van der Waals surface area contributed by atoms with Gasteiger partial charge in [-0.1, -0.05) is 70.2 Å². The highest BCUT2D eigenvalue weighted by molar-refractivity contribution is 5.89. The summed E-state index contributed by atoms with van der Waals surface area (Å²) in [6.45, 7) is 11.8. The Morgan fingerprint density at radius 3 is 1.69 bits per heavy atom. The number of aromatic nitrogens is 4. The largest absolute Gasteiger partial charge is 0.453 e. The summed E-state index contributed by atoms with van der Waals surface area (Å²) >= 11 is 0. The summed E-state index contributed by atoms with van der Waals surface area (Å²) in [4.78, 5) is 73.0. The molecule has 342 valence electrons. The van der Waals surface area contributed by atoms with Crippen molar-refractivity contribution in [2.45, 2.75) is 135 Å². The van der Waals surface area contributed by atoms with E-state index in [9.17, 15) is 19.2 Å². The van der Waals surface area contributed by atoms with E-state index in [2.05, 4.69) is 82.1 Å². The Morgan fingerprint density at radius 2 is 1.15 bits per heavy atom. The van der Waals surface area contributed by atoms with E-state index >= 15 is 0 Å². The first-order valence-electron chi connectivity index (χ1n) is 23.4. The van der Waals surface area contributed by atoms with Gasteiger partial charge in [0.15, 0.2) is 0 Å². The van der Waals surface area contributed by atoms with Gasteiger partial charge in [0.1, 0.15) is 23.7 Å². The number of rotatable bonds is 11. The van der Waals surface area contributed by atoms with Gasteiger partial charge in [0.2, 0.25) is 11.8 Å². The van der Waals surface area contributed by atoms with Crippen LogP contribution in [-0.2, 0) is 19.1 Å². The van der Waals surface area contributed by atoms with Crippen molar-refractivity contribution in [1.82, 2.24) is 40.4 Å². The summed E-state index contributed by atoms with van der Waals surface area (Å²) in [7, 11) is 2.61. The van der Waals surface area contributed by atoms with E-state index in [4.69, 9.17) is 19.4 Å². The van der Waals surface area contributed by atoms with E-state index in [0.717, 1.165) is 65.2 Å². The number of benzene rings is 3. The maximum absolute atomic E-state index is 14.0. The van der Waals surface area contributed by atoms with Crippen molar-refractivity contribution < 1.29 is 28.7 Å². The molecule has 4 aliphatic rings. The highest BCUT2D eigenvalue weighted by atomic mass is 16.5. The van der Waals surface area contributed by atoms with Crippen molar-refractivity contribution in [1.29, 1.82) is 0 Å². The fourth-order valence-electron chi connectivity index (χ4n) is 11.3. The molecule has 1 saturated carbocycles. The lowest BCUT2D eigenvalue weighted by Gasteiger charge is -2.32. The van der Waals surface area contributed by atoms with Crippen LogP contribution in [0, 0.1) is 11.8 Å². The molecule has 2 aromatic heterocycles. The van der Waals surface area contributed by atoms with Crippen LogP contribution in [0.2, 0.25) is 0 Å². The third-order valence-electron chi connectivity index (χ3n) is 14.7. The first-order chi connectivity index (χ1) is 31.3. The number of alkyl carbamates (subject to hydrolysis) is 2. The van der Waals surface area contributed by atoms with Crippen LogP contribution in [0.5, 0.6) is 0 Å². The lowest BCUT2D eigenvalue weighted by Crippen LogP contribution is -2.52. The number of fused-ring (bicyclic) bond motifs is 6. The normalized spacial score (nSPS) is 23.3. The first-order valence-corrected chi connectivity index (χ1v) is 23.4. The molecule has 65 heavy (non-hydrogen) atoms. The number of amides is 4. The van der Waals surface area contributed by atoms with Gasteiger partial charge in [-0.05, 0) is 134 Å². The molecule has 2 aliphatic carbocycles. The van der Waals surface area contributed by atoms with E-state index in [0.29, 0.717) is 11.8 Å². The van der Waals surface area contributed by atoms with Crippen LogP contribution in [0.1, 0.15) is 133 Å². The second kappa shape index (κ2) is 17.7. The van der Waals surface area contributed by atoms with Crippen LogP contribution in [-0.4, -0.2) is 92.1 Å². The van der Waals surface area contributed by atoms with Gasteiger partial charge in [0.05, 0.1) is 49.2 Å². The number of nitrogens with one attached hydrogen (secondary N) is 4. The molecule has 0 spiro atoms. The number of H-pyrrole nitrogens is 2. The molecule has 5 aromatic rings. The number of likely N-dealkylation sites (tertiary alicyclic amines) is 2. The molecular weight excluding hydrogens is 821 g/mol. The number of aromatic amines is 2. The van der Waals surface area contributed by atoms with E-state index in [-0.39, 0.29) is 47.8 Å². The summed E-state index contributed by atoms with van der Waals surface area (Å²) in [5.41, 5.74) is 11.5. The van der Waals surface area contributed by atoms with Crippen LogP contribution < -0.4 is 10.6 Å². The van der Waals surface area contributed by atoms with Crippen molar-refractivity contribution in [3.05, 3.63) is 83.6 Å². The molecule has 8 atom stereocenters. The first kappa shape index (κ1) is 44.0. The highest BCUT2D eigenvalue weighted by Crippen LogP contribution is 2.58. The second-order valence-electron chi connectivity index (χ2n) is 19.4. The number of carbonyl (C=O) groups is 4. The van der Waals surface area contributed by atoms with Crippen molar-refractivity contribution in [2.24, 2.45) is 11.8 Å². The number of nitrogens with zero attached hydrogens (tertiary/aromatic N) is 4. The summed E-state index contributed by atoms with van der Waals surface area (Å²) in [6, 6.07) is 17.9. The minimum atomic E-state index is -0.704. The predicted octanol–water partition coefficient (Wildman–Crippen LogP) is 9.52. The molecule has 2 bridgehead atoms. The lowest BCUT2D eigenvalue weighted by molar-refractivity contribution is -0.138. The van der Waals surface area contributed by atoms with Gasteiger partial charge in [-0.3, -0.25) is 9.59 Å². The van der Waals surface area contributed by atoms with Crippen molar-refractivity contribution in [3.8, 4) is 33.5 Å². The molecule has 3 fully saturated rings. The topological polar surface area (TPSA) is 175 Å². The standard InChI is InChI=1S/C51H62N8O6/c1-26(2)44(56-50(62)64-7)48(60)58-28(5)9-21-40(58)46-52-25-39(55-46)31-13-11-30(12-14-31)35-18-19-36(43-34-16-15-33(23-34)42(35)43)32-17-20-37-38(24-32)54-47(53-37)41-22-10-29(6)59(41)49(61)45(27(3)4)57-51(63)65-8/h11-14,17-20,24-29,33-34,40-41,44-45H,9-10,15-16,21-23H2,1-8H3,(H,52,55)(H,53,54)(H,56,62)(H,57,63)/t28?,29?,33?,34?,40-,41?,44?,45?/m0/s1. The summed E-state index contributed by atoms with van der Waals surface area (Å²) in [5.74, 6) is 2.06. The third-order valence-corrected chi connectivity index (χ3v) is 14.7. The maximum Gasteiger partial charge on any atom is 0.407 e. The molecule has 9 rings (SSSR count). The van der Waals surface area contributed by atoms with Gasteiger partial charge in [-0.15, -0.1) is 0 Å². The van der Waals surface area contributed by atoms with Crippen molar-refractivity contribution in [3.63, 3.8) is 0 Å². The summed E-state index contributed by atoms with van der Waals surface area (Å²) in [6.07, 6.45) is 7.42. The van der Waals surface area contributed by atoms with E-state index in [1.54, 1.807) is 0 Å². The fourth-order valence-corrected chi connectivity index (χ4v) is 11.3. The van der Waals surface area contributed by atoms with Gasteiger partial charge in [0, 0.05) is 12.1 Å². The number of carbonyl (C=O) groups excluding carboxylic acids is 4. The van der Waals surface area contributed by atoms with Crippen LogP contribution in [0.4, 0.5) is 9.59 Å². The number of ether oxygens (including phenoxy) is 2. The van der Waals surface area contributed by atoms with E-state index < -0.39 is 24.3 Å². The van der Waals surface area contributed by atoms with Gasteiger partial charge < -0.3 is 39.9 Å². The Morgan fingerprint density at radius 1 is 0.646 bits per heavy atom. The summed E-state index contributed by atoms with van der Waals surface area (Å²) < 4.78 is 9.67. The SMILES string of the molecule is COC(=O)NC(C(=O)N1C(C)CCC1c1nc2cc(-c3ccc(-c4ccc(-c5cnc([C@@H]6CCC(C)N6C(=O)C(NC(=O)OC)C(C)C)[nH]5)cc4)c4c3C3CCC4C3)ccc2[nH]1)C(C)C. The van der Waals surface area contributed by atoms with Crippen LogP contribution in [0.25, 0.3) is 44.5 Å². The molecule has 3 aromatic carbocycles. The van der Waals surface area contributed by atoms with Gasteiger partial charge >= 0.3 is 12.2 Å². The van der Waals surface area contributed by atoms with E-state index in [1.165, 1.54) is 61.3 Å². The molecule has 4 heterocycles. The van der Waals surface area contributed by atoms with Crippen LogP contribution in [0.3, 0.4) is 0 Å². The minimum absolute atomic E-state index is 0.00141. The minimum Gasteiger partial charge on any atom is -0.453 e. The lowest BCUT2D eigenvalue weighted by atomic mass is 9.81. The number of imidazole rings is 2. The summed E-state index contributed by atoms with van der Waals surface area (Å²) in [5, 5.41) is 5.50. The zero-order valence-electron chi connectivity index (χ0n) is 38.7. The Kier molecular flexibility index (Phi) is 12.0. The van der Waals surface area contributed by atoms with Crippen molar-refractivity contribution >= 4 is 35.0 Å². The molecule has 2 aliphatic heterocycles. The smallest absolute Gasteiger partial charge is 0.407 e. The van der Waals surface area contributed by atoms with Crippen LogP contribution >= 0.6 is 0 Å². The number of methoxy groups -OCH3 is 2. The Balaban J connectivity index is 0.960. The Bertz CT molecular complexity index is 2620. The molecule has 14 nitrogen and oxygen atoms in total. The zero-order valence-corrected chi connectivity index (χ0v) is 38.7.